The minimum atomic E-state index is -3.98. The van der Waals surface area contributed by atoms with E-state index in [-0.39, 0.29) is 62.1 Å². The van der Waals surface area contributed by atoms with Crippen LogP contribution in [0, 0.1) is 5.92 Å². The number of carbonyl (C=O) groups is 1. The molecule has 0 aliphatic carbocycles. The molecule has 2 aromatic carbocycles. The number of alkyl halides is 1. The Hall–Kier alpha value is -1.72. The summed E-state index contributed by atoms with van der Waals surface area (Å²) in [7, 11) is -7.10. The van der Waals surface area contributed by atoms with E-state index in [0.29, 0.717) is 5.75 Å². The van der Waals surface area contributed by atoms with Crippen LogP contribution in [0.4, 0.5) is 0 Å². The Labute approximate surface area is 226 Å². The van der Waals surface area contributed by atoms with Gasteiger partial charge in [-0.05, 0) is 36.4 Å². The van der Waals surface area contributed by atoms with E-state index in [1.165, 1.54) is 43.3 Å². The van der Waals surface area contributed by atoms with Gasteiger partial charge in [0.15, 0.2) is 5.75 Å². The van der Waals surface area contributed by atoms with E-state index in [9.17, 15) is 21.6 Å². The maximum Gasteiger partial charge on any atom is 0.303 e. The van der Waals surface area contributed by atoms with E-state index in [0.717, 1.165) is 0 Å². The lowest BCUT2D eigenvalue weighted by atomic mass is 10.2. The Morgan fingerprint density at radius 1 is 0.944 bits per heavy atom. The van der Waals surface area contributed by atoms with Gasteiger partial charge in [-0.15, -0.1) is 11.6 Å². The van der Waals surface area contributed by atoms with Gasteiger partial charge >= 0.3 is 5.97 Å². The van der Waals surface area contributed by atoms with Gasteiger partial charge in [-0.2, -0.15) is 0 Å². The second-order valence-corrected chi connectivity index (χ2v) is 13.5. The minimum Gasteiger partial charge on any atom is -0.493 e. The molecule has 8 nitrogen and oxygen atoms in total. The van der Waals surface area contributed by atoms with Crippen molar-refractivity contribution in [1.29, 1.82) is 0 Å². The van der Waals surface area contributed by atoms with E-state index in [4.69, 9.17) is 49.0 Å². The van der Waals surface area contributed by atoms with Crippen molar-refractivity contribution in [2.75, 3.05) is 30.6 Å². The molecule has 0 fully saturated rings. The van der Waals surface area contributed by atoms with Crippen molar-refractivity contribution < 1.29 is 35.8 Å². The van der Waals surface area contributed by atoms with Crippen molar-refractivity contribution in [3.8, 4) is 11.5 Å². The molecule has 0 saturated carbocycles. The molecule has 0 heterocycles. The highest BCUT2D eigenvalue weighted by atomic mass is 35.5. The lowest BCUT2D eigenvalue weighted by Crippen LogP contribution is -2.25. The third-order valence-electron chi connectivity index (χ3n) is 4.85. The molecule has 0 saturated heterocycles. The molecule has 2 atom stereocenters. The molecule has 0 bridgehead atoms. The van der Waals surface area contributed by atoms with Crippen LogP contribution in [0.5, 0.6) is 11.5 Å². The van der Waals surface area contributed by atoms with Crippen molar-refractivity contribution >= 4 is 60.4 Å². The predicted molar refractivity (Wildman–Crippen MR) is 139 cm³/mol. The first kappa shape index (κ1) is 30.5. The third-order valence-corrected chi connectivity index (χ3v) is 9.46. The average Bonchev–Trinajstić information content (AvgIpc) is 2.81. The Bertz CT molecular complexity index is 1240. The zero-order valence-corrected chi connectivity index (χ0v) is 23.8. The number of sulfone groups is 2. The van der Waals surface area contributed by atoms with Crippen LogP contribution in [-0.4, -0.2) is 59.5 Å². The summed E-state index contributed by atoms with van der Waals surface area (Å²) in [5.41, 5.74) is 0. The summed E-state index contributed by atoms with van der Waals surface area (Å²) < 4.78 is 65.8. The topological polar surface area (TPSA) is 113 Å². The number of carbonyl (C=O) groups excluding carboxylic acids is 1. The number of hydrogen-bond donors (Lipinski definition) is 0. The largest absolute Gasteiger partial charge is 0.493 e. The monoisotopic (exact) mass is 600 g/mol. The maximum absolute atomic E-state index is 13.1. The normalized spacial score (nSPS) is 13.6. The summed E-state index contributed by atoms with van der Waals surface area (Å²) >= 11 is 18.2. The van der Waals surface area contributed by atoms with Crippen LogP contribution >= 0.6 is 34.8 Å². The van der Waals surface area contributed by atoms with E-state index in [1.807, 2.05) is 0 Å². The molecule has 0 N–H and O–H groups in total. The second-order valence-electron chi connectivity index (χ2n) is 8.00. The third kappa shape index (κ3) is 8.69. The number of ether oxygens (including phenoxy) is 3. The molecular weight excluding hydrogens is 575 g/mol. The van der Waals surface area contributed by atoms with Gasteiger partial charge in [-0.1, -0.05) is 37.0 Å². The summed E-state index contributed by atoms with van der Waals surface area (Å²) in [6.45, 7) is 4.63. The lowest BCUT2D eigenvalue weighted by Gasteiger charge is -2.17. The second kappa shape index (κ2) is 13.2. The fraction of sp³-hybridized carbons (Fsp3) is 0.435. The molecule has 2 rings (SSSR count). The van der Waals surface area contributed by atoms with Crippen molar-refractivity contribution in [2.45, 2.75) is 36.7 Å². The van der Waals surface area contributed by atoms with Crippen LogP contribution < -0.4 is 9.47 Å². The highest BCUT2D eigenvalue weighted by Gasteiger charge is 2.23. The van der Waals surface area contributed by atoms with Gasteiger partial charge in [-0.25, -0.2) is 16.8 Å². The van der Waals surface area contributed by atoms with Crippen LogP contribution in [0.3, 0.4) is 0 Å². The van der Waals surface area contributed by atoms with Crippen molar-refractivity contribution in [3.05, 3.63) is 46.4 Å². The Morgan fingerprint density at radius 3 is 2.03 bits per heavy atom. The Kier molecular flexibility index (Phi) is 11.2. The lowest BCUT2D eigenvalue weighted by molar-refractivity contribution is -0.146. The number of benzene rings is 2. The average molecular weight is 602 g/mol. The quantitative estimate of drug-likeness (QED) is 0.237. The summed E-state index contributed by atoms with van der Waals surface area (Å²) in [4.78, 5) is 10.9. The van der Waals surface area contributed by atoms with Crippen molar-refractivity contribution in [2.24, 2.45) is 5.92 Å². The summed E-state index contributed by atoms with van der Waals surface area (Å²) in [5.74, 6) is -0.271. The number of halogens is 3. The molecular formula is C23H27Cl3O8S2. The molecule has 0 radical (unpaired) electrons. The highest BCUT2D eigenvalue weighted by molar-refractivity contribution is 7.91. The molecule has 2 aromatic rings. The first-order chi connectivity index (χ1) is 16.8. The first-order valence-corrected chi connectivity index (χ1v) is 15.4. The van der Waals surface area contributed by atoms with E-state index < -0.39 is 31.7 Å². The standard InChI is InChI=1S/C23H27Cl3O8S2/c1-4-35(28,29)14-15(2)12-32-17-5-7-19(8-6-17)36(30,31)20-9-21(25)23(22(26)10-20)33-13-18(11-24)34-16(3)27/h5-10,15,18H,4,11-14H2,1-3H3/t15-,18+/m1/s1. The summed E-state index contributed by atoms with van der Waals surface area (Å²) in [5, 5.41) is -0.0959. The van der Waals surface area contributed by atoms with Crippen molar-refractivity contribution in [3.63, 3.8) is 0 Å². The molecule has 200 valence electrons. The molecule has 13 heteroatoms. The highest BCUT2D eigenvalue weighted by Crippen LogP contribution is 2.37. The van der Waals surface area contributed by atoms with E-state index >= 15 is 0 Å². The summed E-state index contributed by atoms with van der Waals surface area (Å²) in [6.07, 6.45) is -0.737. The van der Waals surface area contributed by atoms with Gasteiger partial charge in [-0.3, -0.25) is 4.79 Å². The fourth-order valence-corrected chi connectivity index (χ4v) is 6.43. The number of hydrogen-bond acceptors (Lipinski definition) is 8. The SMILES string of the molecule is CCS(=O)(=O)C[C@H](C)COc1ccc(S(=O)(=O)c2cc(Cl)c(OC[C@H](CCl)OC(C)=O)c(Cl)c2)cc1. The van der Waals surface area contributed by atoms with Crippen LogP contribution in [-0.2, 0) is 29.2 Å². The van der Waals surface area contributed by atoms with Gasteiger partial charge in [0.1, 0.15) is 28.3 Å². The van der Waals surface area contributed by atoms with Crippen LogP contribution in [0.1, 0.15) is 20.8 Å². The Balaban J connectivity index is 2.13. The molecule has 0 aromatic heterocycles. The number of rotatable bonds is 13. The number of esters is 1. The smallest absolute Gasteiger partial charge is 0.303 e. The van der Waals surface area contributed by atoms with Crippen LogP contribution in [0.15, 0.2) is 46.2 Å². The molecule has 0 spiro atoms. The Morgan fingerprint density at radius 2 is 1.53 bits per heavy atom. The first-order valence-electron chi connectivity index (χ1n) is 10.8. The van der Waals surface area contributed by atoms with Crippen LogP contribution in [0.2, 0.25) is 10.0 Å². The minimum absolute atomic E-state index is 0.00742. The van der Waals surface area contributed by atoms with Crippen LogP contribution in [0.25, 0.3) is 0 Å². The fourth-order valence-electron chi connectivity index (χ4n) is 3.04. The molecule has 0 aliphatic rings. The predicted octanol–water partition coefficient (Wildman–Crippen LogP) is 4.83. The van der Waals surface area contributed by atoms with E-state index in [2.05, 4.69) is 0 Å². The van der Waals surface area contributed by atoms with Crippen molar-refractivity contribution in [1.82, 2.24) is 0 Å². The van der Waals surface area contributed by atoms with Gasteiger partial charge in [0.25, 0.3) is 0 Å². The molecule has 0 unspecified atom stereocenters. The maximum atomic E-state index is 13.1. The molecule has 0 amide bonds. The zero-order chi connectivity index (χ0) is 27.1. The van der Waals surface area contributed by atoms with Gasteiger partial charge in [0.2, 0.25) is 9.84 Å². The summed E-state index contributed by atoms with van der Waals surface area (Å²) in [6, 6.07) is 8.12. The molecule has 0 aliphatic heterocycles. The van der Waals surface area contributed by atoms with Gasteiger partial charge in [0.05, 0.1) is 38.1 Å². The van der Waals surface area contributed by atoms with E-state index in [1.54, 1.807) is 13.8 Å². The van der Waals surface area contributed by atoms with Gasteiger partial charge in [0, 0.05) is 18.6 Å². The zero-order valence-electron chi connectivity index (χ0n) is 19.9. The van der Waals surface area contributed by atoms with Gasteiger partial charge < -0.3 is 14.2 Å². The molecule has 36 heavy (non-hydrogen) atoms.